The summed E-state index contributed by atoms with van der Waals surface area (Å²) < 4.78 is 5.94. The molecule has 0 saturated heterocycles. The molecule has 1 heterocycles. The maximum Gasteiger partial charge on any atom is 0.322 e. The highest BCUT2D eigenvalue weighted by Gasteiger charge is 2.33. The summed E-state index contributed by atoms with van der Waals surface area (Å²) in [5, 5.41) is 3.19. The molecule has 1 aromatic heterocycles. The zero-order valence-corrected chi connectivity index (χ0v) is 13.4. The van der Waals surface area contributed by atoms with Gasteiger partial charge in [0.25, 0.3) is 0 Å². The molecule has 1 aliphatic carbocycles. The highest BCUT2D eigenvalue weighted by atomic mass is 35.5. The Morgan fingerprint density at radius 1 is 1.30 bits per heavy atom. The second-order valence-electron chi connectivity index (χ2n) is 6.39. The highest BCUT2D eigenvalue weighted by Crippen LogP contribution is 2.39. The van der Waals surface area contributed by atoms with Crippen LogP contribution in [0.3, 0.4) is 0 Å². The molecular formula is C14H23ClN4O. The van der Waals surface area contributed by atoms with E-state index in [9.17, 15) is 0 Å². The first-order valence-electron chi connectivity index (χ1n) is 7.20. The van der Waals surface area contributed by atoms with Crippen molar-refractivity contribution in [3.8, 4) is 6.01 Å². The summed E-state index contributed by atoms with van der Waals surface area (Å²) in [6.07, 6.45) is 3.41. The summed E-state index contributed by atoms with van der Waals surface area (Å²) in [4.78, 5) is 12.3. The lowest BCUT2D eigenvalue weighted by Gasteiger charge is -2.38. The molecule has 0 aliphatic heterocycles. The van der Waals surface area contributed by atoms with E-state index in [2.05, 4.69) is 41.0 Å². The largest absolute Gasteiger partial charge is 0.460 e. The van der Waals surface area contributed by atoms with Gasteiger partial charge in [0.05, 0.1) is 0 Å². The van der Waals surface area contributed by atoms with Gasteiger partial charge >= 0.3 is 6.01 Å². The first-order chi connectivity index (χ1) is 9.38. The standard InChI is InChI=1S/C14H23ClN4O/c1-5-16-12-17-11(15)18-13(19-12)20-10-6-9(2)7-14(3,4)8-10/h9-10H,5-8H2,1-4H3,(H,16,17,18,19). The minimum atomic E-state index is 0.140. The zero-order chi connectivity index (χ0) is 14.8. The molecule has 0 bridgehead atoms. The van der Waals surface area contributed by atoms with Crippen LogP contribution in [0.25, 0.3) is 0 Å². The molecule has 0 amide bonds. The molecule has 20 heavy (non-hydrogen) atoms. The molecule has 6 heteroatoms. The third-order valence-corrected chi connectivity index (χ3v) is 3.71. The van der Waals surface area contributed by atoms with Crippen LogP contribution in [0.2, 0.25) is 5.28 Å². The summed E-state index contributed by atoms with van der Waals surface area (Å²) in [6, 6.07) is 0.316. The summed E-state index contributed by atoms with van der Waals surface area (Å²) >= 11 is 5.91. The van der Waals surface area contributed by atoms with Crippen molar-refractivity contribution < 1.29 is 4.74 Å². The van der Waals surface area contributed by atoms with Crippen molar-refractivity contribution in [2.45, 2.75) is 53.1 Å². The van der Waals surface area contributed by atoms with Crippen LogP contribution in [-0.2, 0) is 0 Å². The molecule has 1 fully saturated rings. The van der Waals surface area contributed by atoms with Gasteiger partial charge in [-0.1, -0.05) is 20.8 Å². The smallest absolute Gasteiger partial charge is 0.322 e. The van der Waals surface area contributed by atoms with Gasteiger partial charge in [-0.2, -0.15) is 15.0 Å². The van der Waals surface area contributed by atoms with Crippen molar-refractivity contribution >= 4 is 17.5 Å². The summed E-state index contributed by atoms with van der Waals surface area (Å²) in [7, 11) is 0. The lowest BCUT2D eigenvalue weighted by Crippen LogP contribution is -2.34. The number of aromatic nitrogens is 3. The fourth-order valence-corrected chi connectivity index (χ4v) is 3.27. The van der Waals surface area contributed by atoms with E-state index in [-0.39, 0.29) is 11.4 Å². The normalized spacial score (nSPS) is 25.2. The second kappa shape index (κ2) is 6.12. The molecule has 5 nitrogen and oxygen atoms in total. The summed E-state index contributed by atoms with van der Waals surface area (Å²) in [6.45, 7) is 9.53. The number of hydrogen-bond donors (Lipinski definition) is 1. The maximum absolute atomic E-state index is 5.94. The SMILES string of the molecule is CCNc1nc(Cl)nc(OC2CC(C)CC(C)(C)C2)n1. The van der Waals surface area contributed by atoms with Crippen molar-refractivity contribution in [3.05, 3.63) is 5.28 Å². The van der Waals surface area contributed by atoms with Crippen molar-refractivity contribution in [1.82, 2.24) is 15.0 Å². The monoisotopic (exact) mass is 298 g/mol. The molecular weight excluding hydrogens is 276 g/mol. The number of nitrogens with zero attached hydrogens (tertiary/aromatic N) is 3. The lowest BCUT2D eigenvalue weighted by atomic mass is 9.71. The Bertz CT molecular complexity index is 466. The van der Waals surface area contributed by atoms with Gasteiger partial charge in [-0.3, -0.25) is 0 Å². The van der Waals surface area contributed by atoms with Crippen molar-refractivity contribution in [3.63, 3.8) is 0 Å². The van der Waals surface area contributed by atoms with Crippen LogP contribution in [0, 0.1) is 11.3 Å². The third kappa shape index (κ3) is 4.20. The van der Waals surface area contributed by atoms with Gasteiger partial charge < -0.3 is 10.1 Å². The molecule has 112 valence electrons. The topological polar surface area (TPSA) is 59.9 Å². The van der Waals surface area contributed by atoms with Gasteiger partial charge in [0, 0.05) is 6.54 Å². The van der Waals surface area contributed by atoms with Crippen LogP contribution in [0.4, 0.5) is 5.95 Å². The molecule has 0 aromatic carbocycles. The van der Waals surface area contributed by atoms with E-state index in [1.807, 2.05) is 6.92 Å². The summed E-state index contributed by atoms with van der Waals surface area (Å²) in [5.41, 5.74) is 0.295. The van der Waals surface area contributed by atoms with Crippen LogP contribution in [0.1, 0.15) is 47.0 Å². The fraction of sp³-hybridized carbons (Fsp3) is 0.786. The third-order valence-electron chi connectivity index (χ3n) is 3.54. The first kappa shape index (κ1) is 15.3. The molecule has 2 atom stereocenters. The van der Waals surface area contributed by atoms with Gasteiger partial charge in [-0.15, -0.1) is 0 Å². The van der Waals surface area contributed by atoms with Gasteiger partial charge in [-0.05, 0) is 49.1 Å². The van der Waals surface area contributed by atoms with Gasteiger partial charge in [-0.25, -0.2) is 0 Å². The van der Waals surface area contributed by atoms with E-state index >= 15 is 0 Å². The maximum atomic E-state index is 5.94. The van der Waals surface area contributed by atoms with Crippen LogP contribution in [-0.4, -0.2) is 27.6 Å². The average Bonchev–Trinajstić information content (AvgIpc) is 2.24. The molecule has 2 rings (SSSR count). The Hall–Kier alpha value is -1.10. The lowest BCUT2D eigenvalue weighted by molar-refractivity contribution is 0.0499. The van der Waals surface area contributed by atoms with Crippen molar-refractivity contribution in [1.29, 1.82) is 0 Å². The van der Waals surface area contributed by atoms with E-state index in [0.29, 0.717) is 23.3 Å². The van der Waals surface area contributed by atoms with E-state index in [1.54, 1.807) is 0 Å². The first-order valence-corrected chi connectivity index (χ1v) is 7.58. The van der Waals surface area contributed by atoms with E-state index in [1.165, 1.54) is 6.42 Å². The molecule has 0 spiro atoms. The van der Waals surface area contributed by atoms with Crippen LogP contribution in [0.5, 0.6) is 6.01 Å². The van der Waals surface area contributed by atoms with Gasteiger partial charge in [0.2, 0.25) is 11.2 Å². The van der Waals surface area contributed by atoms with E-state index < -0.39 is 0 Å². The number of nitrogens with one attached hydrogen (secondary N) is 1. The Balaban J connectivity index is 2.09. The predicted molar refractivity (Wildman–Crippen MR) is 80.2 cm³/mol. The quantitative estimate of drug-likeness (QED) is 0.921. The van der Waals surface area contributed by atoms with Gasteiger partial charge in [0.15, 0.2) is 0 Å². The molecule has 2 unspecified atom stereocenters. The Kier molecular flexibility index (Phi) is 4.68. The Morgan fingerprint density at radius 2 is 2.05 bits per heavy atom. The molecule has 1 aromatic rings. The molecule has 1 saturated carbocycles. The number of rotatable bonds is 4. The fourth-order valence-electron chi connectivity index (χ4n) is 3.12. The number of anilines is 1. The summed E-state index contributed by atoms with van der Waals surface area (Å²) in [5.74, 6) is 1.11. The zero-order valence-electron chi connectivity index (χ0n) is 12.6. The number of halogens is 1. The van der Waals surface area contributed by atoms with Crippen LogP contribution in [0.15, 0.2) is 0 Å². The number of hydrogen-bond acceptors (Lipinski definition) is 5. The predicted octanol–water partition coefficient (Wildman–Crippen LogP) is 3.55. The Labute approximate surface area is 125 Å². The van der Waals surface area contributed by atoms with Crippen LogP contribution >= 0.6 is 11.6 Å². The van der Waals surface area contributed by atoms with Gasteiger partial charge in [0.1, 0.15) is 6.10 Å². The molecule has 1 aliphatic rings. The molecule has 0 radical (unpaired) electrons. The van der Waals surface area contributed by atoms with Crippen molar-refractivity contribution in [2.75, 3.05) is 11.9 Å². The van der Waals surface area contributed by atoms with Crippen molar-refractivity contribution in [2.24, 2.45) is 11.3 Å². The van der Waals surface area contributed by atoms with Crippen LogP contribution < -0.4 is 10.1 Å². The Morgan fingerprint density at radius 3 is 2.70 bits per heavy atom. The van der Waals surface area contributed by atoms with E-state index in [4.69, 9.17) is 16.3 Å². The number of ether oxygens (including phenoxy) is 1. The average molecular weight is 299 g/mol. The highest BCUT2D eigenvalue weighted by molar-refractivity contribution is 6.28. The second-order valence-corrected chi connectivity index (χ2v) is 6.73. The van der Waals surface area contributed by atoms with E-state index in [0.717, 1.165) is 19.4 Å². The minimum absolute atomic E-state index is 0.140. The minimum Gasteiger partial charge on any atom is -0.460 e. The molecule has 1 N–H and O–H groups in total.